The van der Waals surface area contributed by atoms with E-state index in [0.29, 0.717) is 5.02 Å². The smallest absolute Gasteiger partial charge is 0.176 e. The van der Waals surface area contributed by atoms with Crippen molar-refractivity contribution in [3.05, 3.63) is 40.7 Å². The molecule has 0 radical (unpaired) electrons. The second kappa shape index (κ2) is 4.18. The Balaban J connectivity index is 2.55. The first-order valence-corrected chi connectivity index (χ1v) is 5.37. The zero-order chi connectivity index (χ0) is 11.7. The second-order valence-corrected chi connectivity index (χ2v) is 4.03. The fraction of sp³-hybridized carbons (Fsp3) is 0.250. The van der Waals surface area contributed by atoms with Gasteiger partial charge in [-0.15, -0.1) is 0 Å². The van der Waals surface area contributed by atoms with Gasteiger partial charge in [-0.2, -0.15) is 4.73 Å². The Hall–Kier alpha value is -1.48. The Kier molecular flexibility index (Phi) is 2.88. The third-order valence-corrected chi connectivity index (χ3v) is 2.83. The summed E-state index contributed by atoms with van der Waals surface area (Å²) in [5.41, 5.74) is 2.96. The van der Waals surface area contributed by atoms with E-state index in [1.807, 2.05) is 38.1 Å². The lowest BCUT2D eigenvalue weighted by molar-refractivity contribution is 0.165. The van der Waals surface area contributed by atoms with Gasteiger partial charge in [0, 0.05) is 10.6 Å². The van der Waals surface area contributed by atoms with Crippen molar-refractivity contribution in [3.8, 4) is 11.4 Å². The van der Waals surface area contributed by atoms with Crippen LogP contribution in [0.25, 0.3) is 11.4 Å². The summed E-state index contributed by atoms with van der Waals surface area (Å²) in [6.45, 7) is 3.94. The Morgan fingerprint density at radius 3 is 2.38 bits per heavy atom. The molecule has 0 aliphatic carbocycles. The molecule has 0 spiro atoms. The normalized spacial score (nSPS) is 10.5. The van der Waals surface area contributed by atoms with Gasteiger partial charge in [0.25, 0.3) is 0 Å². The molecule has 1 aromatic carbocycles. The zero-order valence-electron chi connectivity index (χ0n) is 9.49. The van der Waals surface area contributed by atoms with Crippen LogP contribution in [-0.2, 0) is 0 Å². The summed E-state index contributed by atoms with van der Waals surface area (Å²) in [6.07, 6.45) is 0. The van der Waals surface area contributed by atoms with E-state index >= 15 is 0 Å². The highest BCUT2D eigenvalue weighted by Crippen LogP contribution is 2.22. The Labute approximate surface area is 99.6 Å². The second-order valence-electron chi connectivity index (χ2n) is 3.59. The molecule has 0 aliphatic heterocycles. The van der Waals surface area contributed by atoms with Crippen LogP contribution in [0, 0.1) is 13.8 Å². The molecule has 1 aromatic heterocycles. The molecule has 1 heterocycles. The number of aryl methyl sites for hydroxylation is 1. The highest BCUT2D eigenvalue weighted by atomic mass is 35.5. The van der Waals surface area contributed by atoms with Gasteiger partial charge < -0.3 is 4.84 Å². The summed E-state index contributed by atoms with van der Waals surface area (Å²) in [7, 11) is 1.63. The van der Waals surface area contributed by atoms with E-state index in [1.54, 1.807) is 11.8 Å². The first kappa shape index (κ1) is 11.0. The van der Waals surface area contributed by atoms with Crippen LogP contribution in [0.3, 0.4) is 0 Å². The molecule has 0 saturated heterocycles. The van der Waals surface area contributed by atoms with Gasteiger partial charge in [0.2, 0.25) is 0 Å². The number of nitrogens with zero attached hydrogens (tertiary/aromatic N) is 2. The lowest BCUT2D eigenvalue weighted by atomic mass is 10.2. The average Bonchev–Trinajstić information content (AvgIpc) is 2.56. The lowest BCUT2D eigenvalue weighted by Gasteiger charge is -2.07. The molecule has 2 rings (SSSR count). The summed E-state index contributed by atoms with van der Waals surface area (Å²) < 4.78 is 1.72. The lowest BCUT2D eigenvalue weighted by Crippen LogP contribution is -2.09. The molecular weight excluding hydrogens is 224 g/mol. The van der Waals surface area contributed by atoms with E-state index < -0.39 is 0 Å². The first-order chi connectivity index (χ1) is 7.63. The number of aromatic nitrogens is 2. The molecule has 0 aliphatic rings. The van der Waals surface area contributed by atoms with Gasteiger partial charge in [0.1, 0.15) is 7.11 Å². The van der Waals surface area contributed by atoms with Gasteiger partial charge in [0.05, 0.1) is 11.4 Å². The quantitative estimate of drug-likeness (QED) is 0.802. The van der Waals surface area contributed by atoms with Crippen molar-refractivity contribution in [3.63, 3.8) is 0 Å². The largest absolute Gasteiger partial charge is 0.415 e. The van der Waals surface area contributed by atoms with E-state index in [9.17, 15) is 0 Å². The van der Waals surface area contributed by atoms with Crippen LogP contribution in [0.4, 0.5) is 0 Å². The molecule has 0 atom stereocenters. The van der Waals surface area contributed by atoms with Crippen LogP contribution in [0.2, 0.25) is 5.02 Å². The van der Waals surface area contributed by atoms with E-state index in [1.165, 1.54) is 0 Å². The molecule has 4 heteroatoms. The monoisotopic (exact) mass is 236 g/mol. The minimum atomic E-state index is 0.715. The van der Waals surface area contributed by atoms with Gasteiger partial charge in [-0.1, -0.05) is 11.6 Å². The Bertz CT molecular complexity index is 502. The van der Waals surface area contributed by atoms with Crippen molar-refractivity contribution in [1.82, 2.24) is 9.71 Å². The van der Waals surface area contributed by atoms with Crippen LogP contribution in [-0.4, -0.2) is 16.8 Å². The van der Waals surface area contributed by atoms with Gasteiger partial charge in [-0.05, 0) is 38.1 Å². The van der Waals surface area contributed by atoms with Crippen molar-refractivity contribution < 1.29 is 4.84 Å². The summed E-state index contributed by atoms with van der Waals surface area (Å²) in [5, 5.41) is 0.715. The third-order valence-electron chi connectivity index (χ3n) is 2.58. The molecule has 0 amide bonds. The fourth-order valence-corrected chi connectivity index (χ4v) is 1.72. The minimum absolute atomic E-state index is 0.715. The molecule has 0 unspecified atom stereocenters. The van der Waals surface area contributed by atoms with Crippen molar-refractivity contribution in [2.24, 2.45) is 0 Å². The van der Waals surface area contributed by atoms with Crippen molar-refractivity contribution in [2.75, 3.05) is 7.11 Å². The predicted molar refractivity (Wildman–Crippen MR) is 64.7 cm³/mol. The number of rotatable bonds is 2. The molecule has 0 N–H and O–H groups in total. The zero-order valence-corrected chi connectivity index (χ0v) is 10.2. The highest BCUT2D eigenvalue weighted by molar-refractivity contribution is 6.30. The van der Waals surface area contributed by atoms with Crippen LogP contribution in [0.1, 0.15) is 11.4 Å². The van der Waals surface area contributed by atoms with E-state index in [2.05, 4.69) is 4.98 Å². The fourth-order valence-electron chi connectivity index (χ4n) is 1.60. The van der Waals surface area contributed by atoms with Gasteiger partial charge in [0.15, 0.2) is 5.82 Å². The molecule has 84 valence electrons. The predicted octanol–water partition coefficient (Wildman–Crippen LogP) is 2.88. The SMILES string of the molecule is COn1c(-c2ccc(Cl)cc2)nc(C)c1C. The van der Waals surface area contributed by atoms with Gasteiger partial charge in [-0.25, -0.2) is 4.98 Å². The third kappa shape index (κ3) is 1.78. The Morgan fingerprint density at radius 2 is 1.81 bits per heavy atom. The standard InChI is InChI=1S/C12H13ClN2O/c1-8-9(2)15(16-3)12(14-8)10-4-6-11(13)7-5-10/h4-7H,1-3H3. The number of hydrogen-bond donors (Lipinski definition) is 0. The molecule has 0 bridgehead atoms. The first-order valence-electron chi connectivity index (χ1n) is 5.00. The molecule has 3 nitrogen and oxygen atoms in total. The summed E-state index contributed by atoms with van der Waals surface area (Å²) in [6, 6.07) is 7.55. The number of imidazole rings is 1. The van der Waals surface area contributed by atoms with Gasteiger partial charge in [-0.3, -0.25) is 0 Å². The molecule has 16 heavy (non-hydrogen) atoms. The Morgan fingerprint density at radius 1 is 1.19 bits per heavy atom. The van der Waals surface area contributed by atoms with Crippen LogP contribution >= 0.6 is 11.6 Å². The number of halogens is 1. The number of benzene rings is 1. The van der Waals surface area contributed by atoms with Crippen molar-refractivity contribution in [1.29, 1.82) is 0 Å². The van der Waals surface area contributed by atoms with E-state index in [0.717, 1.165) is 22.8 Å². The maximum Gasteiger partial charge on any atom is 0.176 e. The van der Waals surface area contributed by atoms with E-state index in [-0.39, 0.29) is 0 Å². The summed E-state index contributed by atoms with van der Waals surface area (Å²) in [5.74, 6) is 0.800. The molecule has 0 fully saturated rings. The van der Waals surface area contributed by atoms with Crippen molar-refractivity contribution >= 4 is 11.6 Å². The number of hydrogen-bond acceptors (Lipinski definition) is 2. The molecule has 2 aromatic rings. The van der Waals surface area contributed by atoms with Crippen molar-refractivity contribution in [2.45, 2.75) is 13.8 Å². The summed E-state index contributed by atoms with van der Waals surface area (Å²) in [4.78, 5) is 9.78. The minimum Gasteiger partial charge on any atom is -0.415 e. The maximum atomic E-state index is 5.85. The van der Waals surface area contributed by atoms with Crippen LogP contribution < -0.4 is 4.84 Å². The van der Waals surface area contributed by atoms with Gasteiger partial charge >= 0.3 is 0 Å². The topological polar surface area (TPSA) is 27.1 Å². The average molecular weight is 237 g/mol. The van der Waals surface area contributed by atoms with E-state index in [4.69, 9.17) is 16.4 Å². The van der Waals surface area contributed by atoms with Crippen LogP contribution in [0.15, 0.2) is 24.3 Å². The summed E-state index contributed by atoms with van der Waals surface area (Å²) >= 11 is 5.85. The molecular formula is C12H13ClN2O. The maximum absolute atomic E-state index is 5.85. The highest BCUT2D eigenvalue weighted by Gasteiger charge is 2.12. The van der Waals surface area contributed by atoms with Crippen LogP contribution in [0.5, 0.6) is 0 Å². The molecule has 0 saturated carbocycles.